The van der Waals surface area contributed by atoms with Gasteiger partial charge in [-0.2, -0.15) is 4.98 Å². The molecule has 0 bridgehead atoms. The minimum atomic E-state index is -2.75. The van der Waals surface area contributed by atoms with Crippen molar-refractivity contribution >= 4 is 91.0 Å². The Morgan fingerprint density at radius 1 is 0.887 bits per heavy atom. The van der Waals surface area contributed by atoms with E-state index in [2.05, 4.69) is 77.5 Å². The van der Waals surface area contributed by atoms with Crippen LogP contribution < -0.4 is 36.6 Å². The molecular formula is C52H63BrFN10O6P. The van der Waals surface area contributed by atoms with Gasteiger partial charge in [0.25, 0.3) is 0 Å². The van der Waals surface area contributed by atoms with Crippen LogP contribution >= 0.6 is 23.1 Å². The van der Waals surface area contributed by atoms with E-state index >= 15 is 0 Å². The third kappa shape index (κ3) is 11.1. The summed E-state index contributed by atoms with van der Waals surface area (Å²) in [6.45, 7) is 17.1. The van der Waals surface area contributed by atoms with Crippen molar-refractivity contribution in [2.45, 2.75) is 90.6 Å². The van der Waals surface area contributed by atoms with Gasteiger partial charge in [0.05, 0.1) is 33.5 Å². The number of oxazole rings is 1. The van der Waals surface area contributed by atoms with Crippen LogP contribution in [0.4, 0.5) is 33.2 Å². The number of piperazine rings is 1. The minimum Gasteiger partial charge on any atom is -0.492 e. The molecule has 3 fully saturated rings. The molecule has 6 aromatic rings. The minimum absolute atomic E-state index is 0.100. The van der Waals surface area contributed by atoms with Gasteiger partial charge >= 0.3 is 5.76 Å². The maximum atomic E-state index is 14.9. The largest absolute Gasteiger partial charge is 0.492 e. The molecule has 0 spiro atoms. The van der Waals surface area contributed by atoms with Crippen LogP contribution in [0.15, 0.2) is 68.4 Å². The zero-order valence-electron chi connectivity index (χ0n) is 41.2. The number of aromatic nitrogens is 4. The first-order valence-electron chi connectivity index (χ1n) is 24.9. The van der Waals surface area contributed by atoms with Crippen LogP contribution in [0.3, 0.4) is 0 Å². The Balaban J connectivity index is 0.791. The van der Waals surface area contributed by atoms with E-state index in [1.807, 2.05) is 31.2 Å². The number of hydrogen-bond acceptors (Lipinski definition) is 14. The zero-order valence-corrected chi connectivity index (χ0v) is 43.6. The molecule has 3 aromatic carbocycles. The summed E-state index contributed by atoms with van der Waals surface area (Å²) in [6, 6.07) is 14.4. The van der Waals surface area contributed by atoms with Gasteiger partial charge in [-0.1, -0.05) is 19.9 Å². The number of carbonyl (C=O) groups excluding carboxylic acids is 2. The SMILES string of the molecule is CCOc1cc(N2CCC(N3CCN(CCCCc4cc(F)cc5c4oc(=O)n5C4CCC(=O)NC4=O)CC3)CC2)c(CC)cc1Nc1ncc(Br)c(Nc2ccc3nc(CC)ccc3c2P(C)(C)=O)n1. The van der Waals surface area contributed by atoms with E-state index in [4.69, 9.17) is 19.1 Å². The lowest BCUT2D eigenvalue weighted by Crippen LogP contribution is -2.53. The average Bonchev–Trinajstić information content (AvgIpc) is 3.68. The number of ether oxygens (including phenoxy) is 1. The number of benzene rings is 3. The van der Waals surface area contributed by atoms with Crippen LogP contribution in [0.1, 0.15) is 82.2 Å². The van der Waals surface area contributed by atoms with Crippen LogP contribution in [0.2, 0.25) is 0 Å². The van der Waals surface area contributed by atoms with Gasteiger partial charge in [-0.3, -0.25) is 29.4 Å². The Morgan fingerprint density at radius 3 is 2.39 bits per heavy atom. The van der Waals surface area contributed by atoms with E-state index in [1.165, 1.54) is 28.0 Å². The van der Waals surface area contributed by atoms with Gasteiger partial charge in [0, 0.05) is 97.7 Å². The Kier molecular flexibility index (Phi) is 15.3. The van der Waals surface area contributed by atoms with Crippen molar-refractivity contribution in [3.8, 4) is 5.75 Å². The van der Waals surface area contributed by atoms with E-state index in [0.717, 1.165) is 118 Å². The second kappa shape index (κ2) is 21.6. The summed E-state index contributed by atoms with van der Waals surface area (Å²) < 4.78 is 42.3. The van der Waals surface area contributed by atoms with Crippen molar-refractivity contribution in [2.24, 2.45) is 0 Å². The van der Waals surface area contributed by atoms with Crippen molar-refractivity contribution in [2.75, 3.05) is 81.3 Å². The highest BCUT2D eigenvalue weighted by Gasteiger charge is 2.33. The number of aryl methyl sites for hydroxylation is 3. The van der Waals surface area contributed by atoms with Crippen molar-refractivity contribution in [3.63, 3.8) is 0 Å². The van der Waals surface area contributed by atoms with Crippen LogP contribution in [-0.2, 0) is 33.4 Å². The van der Waals surface area contributed by atoms with Gasteiger partial charge < -0.3 is 34.2 Å². The van der Waals surface area contributed by atoms with Crippen molar-refractivity contribution in [1.29, 1.82) is 0 Å². The molecule has 1 unspecified atom stereocenters. The third-order valence-electron chi connectivity index (χ3n) is 14.1. The molecule has 9 rings (SSSR count). The number of amides is 2. The molecule has 3 aliphatic heterocycles. The molecule has 3 aromatic heterocycles. The predicted molar refractivity (Wildman–Crippen MR) is 282 cm³/mol. The lowest BCUT2D eigenvalue weighted by Gasteiger charge is -2.43. The number of imide groups is 1. The van der Waals surface area contributed by atoms with Gasteiger partial charge in [-0.15, -0.1) is 0 Å². The van der Waals surface area contributed by atoms with Crippen molar-refractivity contribution < 1.29 is 27.7 Å². The van der Waals surface area contributed by atoms with Crippen LogP contribution in [0, 0.1) is 5.82 Å². The second-order valence-corrected chi connectivity index (χ2v) is 23.1. The molecule has 2 amide bonds. The van der Waals surface area contributed by atoms with E-state index in [0.29, 0.717) is 52.1 Å². The summed E-state index contributed by atoms with van der Waals surface area (Å²) >= 11 is 3.64. The van der Waals surface area contributed by atoms with Crippen LogP contribution in [-0.4, -0.2) is 113 Å². The van der Waals surface area contributed by atoms with Gasteiger partial charge in [0.1, 0.15) is 30.6 Å². The second-order valence-electron chi connectivity index (χ2n) is 19.1. The molecule has 0 saturated carbocycles. The molecular weight excluding hydrogens is 991 g/mol. The molecule has 16 nitrogen and oxygen atoms in total. The Hall–Kier alpha value is -5.68. The molecule has 0 radical (unpaired) electrons. The van der Waals surface area contributed by atoms with Gasteiger partial charge in [0.15, 0.2) is 5.58 Å². The van der Waals surface area contributed by atoms with Crippen molar-refractivity contribution in [3.05, 3.63) is 92.4 Å². The summed E-state index contributed by atoms with van der Waals surface area (Å²) in [4.78, 5) is 59.1. The van der Waals surface area contributed by atoms with Crippen molar-refractivity contribution in [1.82, 2.24) is 34.6 Å². The van der Waals surface area contributed by atoms with Gasteiger partial charge in [-0.25, -0.2) is 14.2 Å². The number of pyridine rings is 1. The molecule has 6 heterocycles. The summed E-state index contributed by atoms with van der Waals surface area (Å²) in [5.41, 5.74) is 6.83. The Bertz CT molecular complexity index is 3070. The Labute approximate surface area is 421 Å². The number of nitrogens with zero attached hydrogens (tertiary/aromatic N) is 7. The zero-order chi connectivity index (χ0) is 50.0. The lowest BCUT2D eigenvalue weighted by molar-refractivity contribution is -0.135. The topological polar surface area (TPSA) is 180 Å². The first-order valence-corrected chi connectivity index (χ1v) is 28.3. The van der Waals surface area contributed by atoms with Crippen LogP contribution in [0.5, 0.6) is 5.75 Å². The summed E-state index contributed by atoms with van der Waals surface area (Å²) in [5, 5.41) is 10.8. The fourth-order valence-corrected chi connectivity index (χ4v) is 12.3. The predicted octanol–water partition coefficient (Wildman–Crippen LogP) is 8.68. The summed E-state index contributed by atoms with van der Waals surface area (Å²) in [6.07, 6.45) is 7.99. The molecule has 3 N–H and O–H groups in total. The monoisotopic (exact) mass is 1050 g/mol. The average molecular weight is 1050 g/mol. The lowest BCUT2D eigenvalue weighted by atomic mass is 9.99. The molecule has 376 valence electrons. The molecule has 3 saturated heterocycles. The number of halogens is 2. The van der Waals surface area contributed by atoms with Gasteiger partial charge in [0.2, 0.25) is 17.8 Å². The highest BCUT2D eigenvalue weighted by Crippen LogP contribution is 2.43. The number of hydrogen-bond donors (Lipinski definition) is 3. The van der Waals surface area contributed by atoms with Gasteiger partial charge in [-0.05, 0) is 130 Å². The number of carbonyl (C=O) groups is 2. The number of nitrogens with one attached hydrogen (secondary N) is 3. The van der Waals surface area contributed by atoms with E-state index in [-0.39, 0.29) is 24.3 Å². The first-order chi connectivity index (χ1) is 34.2. The van der Waals surface area contributed by atoms with E-state index in [1.54, 1.807) is 19.5 Å². The molecule has 0 aliphatic carbocycles. The summed E-state index contributed by atoms with van der Waals surface area (Å²) in [7, 11) is -2.75. The smallest absolute Gasteiger partial charge is 0.420 e. The fraction of sp³-hybridized carbons (Fsp3) is 0.462. The van der Waals surface area contributed by atoms with E-state index < -0.39 is 30.7 Å². The number of anilines is 5. The molecule has 1 atom stereocenters. The molecule has 19 heteroatoms. The number of piperidine rings is 2. The standard InChI is InChI=1S/C52H63BrFN10O6P/c1-6-32-28-41(58-51-55-31-38(53)49(60-51)57-40-15-14-39-37(48(40)71(4,5)68)13-12-35(7-2)56-39)45(69-8-3)30-43(32)63-21-18-36(19-22-63)62-25-23-61(24-26-62)20-10-9-11-33-27-34(54)29-44-47(33)70-52(67)64(44)42-16-17-46(65)59-50(42)66/h12-15,27-31,36,42H,6-11,16-26H2,1-5H3,(H,59,65,66)(H2,55,57,58,60). The normalized spacial score (nSPS) is 17.6. The highest BCUT2D eigenvalue weighted by atomic mass is 79.9. The van der Waals surface area contributed by atoms with Crippen LogP contribution in [0.25, 0.3) is 22.0 Å². The summed E-state index contributed by atoms with van der Waals surface area (Å²) in [5.74, 6) is -0.537. The fourth-order valence-electron chi connectivity index (χ4n) is 10.5. The first kappa shape index (κ1) is 50.3. The number of unbranched alkanes of at least 4 members (excludes halogenated alkanes) is 1. The number of fused-ring (bicyclic) bond motifs is 2. The maximum absolute atomic E-state index is 14.9. The molecule has 71 heavy (non-hydrogen) atoms. The van der Waals surface area contributed by atoms with E-state index in [9.17, 15) is 23.3 Å². The maximum Gasteiger partial charge on any atom is 0.420 e. The third-order valence-corrected chi connectivity index (χ3v) is 16.2. The highest BCUT2D eigenvalue weighted by molar-refractivity contribution is 9.10. The number of rotatable bonds is 17. The quantitative estimate of drug-likeness (QED) is 0.0449. The Morgan fingerprint density at radius 2 is 1.68 bits per heavy atom. The molecule has 3 aliphatic rings.